The van der Waals surface area contributed by atoms with Crippen molar-refractivity contribution < 1.29 is 14.3 Å². The Balaban J connectivity index is 2.04. The largest absolute Gasteiger partial charge is 0.492 e. The van der Waals surface area contributed by atoms with E-state index >= 15 is 0 Å². The fraction of sp³-hybridized carbons (Fsp3) is 0.588. The van der Waals surface area contributed by atoms with Gasteiger partial charge in [-0.15, -0.1) is 0 Å². The Labute approximate surface area is 146 Å². The maximum Gasteiger partial charge on any atom is 0.410 e. The molecule has 128 valence electrons. The van der Waals surface area contributed by atoms with Gasteiger partial charge in [0.05, 0.1) is 6.54 Å². The molecule has 1 aromatic carbocycles. The number of benzene rings is 1. The fourth-order valence-electron chi connectivity index (χ4n) is 2.32. The second-order valence-electron chi connectivity index (χ2n) is 7.03. The first-order valence-electron chi connectivity index (χ1n) is 7.72. The molecule has 0 unspecified atom stereocenters. The highest BCUT2D eigenvalue weighted by molar-refractivity contribution is 9.10. The van der Waals surface area contributed by atoms with E-state index in [0.29, 0.717) is 19.7 Å². The van der Waals surface area contributed by atoms with E-state index in [2.05, 4.69) is 20.8 Å². The summed E-state index contributed by atoms with van der Waals surface area (Å²) in [5.41, 5.74) is 1.74. The van der Waals surface area contributed by atoms with Crippen LogP contribution in [0, 0.1) is 0 Å². The third kappa shape index (κ3) is 5.11. The lowest BCUT2D eigenvalue weighted by molar-refractivity contribution is 0.0241. The van der Waals surface area contributed by atoms with Gasteiger partial charge in [-0.05, 0) is 58.1 Å². The monoisotopic (exact) mass is 384 g/mol. The highest BCUT2D eigenvalue weighted by atomic mass is 79.9. The summed E-state index contributed by atoms with van der Waals surface area (Å²) in [5.74, 6) is 0.823. The van der Waals surface area contributed by atoms with Gasteiger partial charge in [0.25, 0.3) is 0 Å². The molecule has 1 aliphatic heterocycles. The summed E-state index contributed by atoms with van der Waals surface area (Å²) >= 11 is 3.59. The molecule has 0 N–H and O–H groups in total. The zero-order chi connectivity index (χ0) is 17.2. The minimum atomic E-state index is -0.483. The minimum absolute atomic E-state index is 0.282. The molecule has 6 heteroatoms. The minimum Gasteiger partial charge on any atom is -0.492 e. The van der Waals surface area contributed by atoms with Crippen LogP contribution in [0.15, 0.2) is 16.6 Å². The van der Waals surface area contributed by atoms with E-state index in [1.807, 2.05) is 47.0 Å². The number of carbonyl (C=O) groups excluding carboxylic acids is 1. The molecule has 0 radical (unpaired) electrons. The van der Waals surface area contributed by atoms with Crippen LogP contribution in [0.4, 0.5) is 4.79 Å². The fourth-order valence-corrected chi connectivity index (χ4v) is 2.93. The first-order valence-corrected chi connectivity index (χ1v) is 8.52. The van der Waals surface area contributed by atoms with E-state index in [4.69, 9.17) is 9.47 Å². The molecule has 0 saturated heterocycles. The summed E-state index contributed by atoms with van der Waals surface area (Å²) in [6.45, 7) is 8.23. The van der Waals surface area contributed by atoms with Crippen molar-refractivity contribution in [3.8, 4) is 5.75 Å². The van der Waals surface area contributed by atoms with Crippen LogP contribution in [0.3, 0.4) is 0 Å². The SMILES string of the molecule is CN(C)CCOc1cc(Br)c2c(c1)CN(C(=O)OC(C)(C)C)C2. The highest BCUT2D eigenvalue weighted by Gasteiger charge is 2.29. The van der Waals surface area contributed by atoms with Crippen LogP contribution in [0.2, 0.25) is 0 Å². The molecule has 0 fully saturated rings. The van der Waals surface area contributed by atoms with Gasteiger partial charge < -0.3 is 14.4 Å². The van der Waals surface area contributed by atoms with E-state index in [0.717, 1.165) is 27.9 Å². The molecule has 1 aliphatic rings. The Morgan fingerprint density at radius 2 is 2.00 bits per heavy atom. The van der Waals surface area contributed by atoms with Crippen molar-refractivity contribution in [2.75, 3.05) is 27.2 Å². The summed E-state index contributed by atoms with van der Waals surface area (Å²) < 4.78 is 12.2. The van der Waals surface area contributed by atoms with Crippen LogP contribution in [0.5, 0.6) is 5.75 Å². The number of rotatable bonds is 4. The van der Waals surface area contributed by atoms with E-state index in [9.17, 15) is 4.79 Å². The van der Waals surface area contributed by atoms with Gasteiger partial charge in [0.15, 0.2) is 0 Å². The molecule has 0 atom stereocenters. The second kappa shape index (κ2) is 7.09. The number of ether oxygens (including phenoxy) is 2. The first kappa shape index (κ1) is 18.1. The molecule has 1 aromatic rings. The van der Waals surface area contributed by atoms with Crippen molar-refractivity contribution in [3.63, 3.8) is 0 Å². The van der Waals surface area contributed by atoms with Gasteiger partial charge >= 0.3 is 6.09 Å². The van der Waals surface area contributed by atoms with Crippen molar-refractivity contribution in [2.24, 2.45) is 0 Å². The maximum absolute atomic E-state index is 12.2. The van der Waals surface area contributed by atoms with Crippen molar-refractivity contribution in [2.45, 2.75) is 39.5 Å². The average molecular weight is 385 g/mol. The lowest BCUT2D eigenvalue weighted by atomic mass is 10.1. The molecule has 23 heavy (non-hydrogen) atoms. The van der Waals surface area contributed by atoms with Gasteiger partial charge in [0, 0.05) is 17.6 Å². The third-order valence-corrected chi connectivity index (χ3v) is 4.14. The highest BCUT2D eigenvalue weighted by Crippen LogP contribution is 2.34. The van der Waals surface area contributed by atoms with Crippen molar-refractivity contribution in [1.82, 2.24) is 9.80 Å². The Bertz CT molecular complexity index is 582. The molecule has 0 saturated carbocycles. The summed E-state index contributed by atoms with van der Waals surface area (Å²) in [5, 5.41) is 0. The maximum atomic E-state index is 12.2. The molecule has 0 bridgehead atoms. The molecule has 1 amide bonds. The second-order valence-corrected chi connectivity index (χ2v) is 7.89. The number of amides is 1. The molecule has 0 aliphatic carbocycles. The number of hydrogen-bond donors (Lipinski definition) is 0. The number of carbonyl (C=O) groups is 1. The zero-order valence-electron chi connectivity index (χ0n) is 14.5. The molecule has 1 heterocycles. The Morgan fingerprint density at radius 1 is 1.30 bits per heavy atom. The number of hydrogen-bond acceptors (Lipinski definition) is 4. The van der Waals surface area contributed by atoms with Gasteiger partial charge in [-0.3, -0.25) is 4.90 Å². The van der Waals surface area contributed by atoms with Gasteiger partial charge in [-0.2, -0.15) is 0 Å². The first-order chi connectivity index (χ1) is 10.7. The van der Waals surface area contributed by atoms with Crippen molar-refractivity contribution >= 4 is 22.0 Å². The summed E-state index contributed by atoms with van der Waals surface area (Å²) in [6, 6.07) is 3.98. The predicted octanol–water partition coefficient (Wildman–Crippen LogP) is 3.64. The Kier molecular flexibility index (Phi) is 5.57. The smallest absolute Gasteiger partial charge is 0.410 e. The Hall–Kier alpha value is -1.27. The number of likely N-dealkylation sites (N-methyl/N-ethyl adjacent to an activating group) is 1. The van der Waals surface area contributed by atoms with E-state index in [1.54, 1.807) is 4.90 Å². The van der Waals surface area contributed by atoms with E-state index in [1.165, 1.54) is 0 Å². The number of nitrogens with zero attached hydrogens (tertiary/aromatic N) is 2. The summed E-state index contributed by atoms with van der Waals surface area (Å²) in [7, 11) is 4.03. The van der Waals surface area contributed by atoms with Crippen LogP contribution >= 0.6 is 15.9 Å². The lowest BCUT2D eigenvalue weighted by Gasteiger charge is -2.24. The van der Waals surface area contributed by atoms with Crippen LogP contribution in [0.1, 0.15) is 31.9 Å². The normalized spacial score (nSPS) is 14.1. The quantitative estimate of drug-likeness (QED) is 0.794. The molecule has 0 spiro atoms. The van der Waals surface area contributed by atoms with Crippen LogP contribution in [0.25, 0.3) is 0 Å². The van der Waals surface area contributed by atoms with Crippen molar-refractivity contribution in [1.29, 1.82) is 0 Å². The predicted molar refractivity (Wildman–Crippen MR) is 93.7 cm³/mol. The molecule has 2 rings (SSSR count). The molecule has 0 aromatic heterocycles. The standard InChI is InChI=1S/C17H25BrN2O3/c1-17(2,3)23-16(21)20-10-12-8-13(22-7-6-19(4)5)9-15(18)14(12)11-20/h8-9H,6-7,10-11H2,1-5H3. The topological polar surface area (TPSA) is 42.0 Å². The average Bonchev–Trinajstić information content (AvgIpc) is 2.81. The van der Waals surface area contributed by atoms with Crippen LogP contribution in [-0.2, 0) is 17.8 Å². The molecule has 5 nitrogen and oxygen atoms in total. The van der Waals surface area contributed by atoms with Gasteiger partial charge in [-0.1, -0.05) is 15.9 Å². The molecular weight excluding hydrogens is 360 g/mol. The van der Waals surface area contributed by atoms with Crippen LogP contribution in [-0.4, -0.2) is 48.7 Å². The van der Waals surface area contributed by atoms with Gasteiger partial charge in [0.1, 0.15) is 18.0 Å². The van der Waals surface area contributed by atoms with E-state index in [-0.39, 0.29) is 6.09 Å². The zero-order valence-corrected chi connectivity index (χ0v) is 16.1. The van der Waals surface area contributed by atoms with Crippen molar-refractivity contribution in [3.05, 3.63) is 27.7 Å². The lowest BCUT2D eigenvalue weighted by Crippen LogP contribution is -2.33. The molecular formula is C17H25BrN2O3. The van der Waals surface area contributed by atoms with Gasteiger partial charge in [0.2, 0.25) is 0 Å². The van der Waals surface area contributed by atoms with Gasteiger partial charge in [-0.25, -0.2) is 4.79 Å². The summed E-state index contributed by atoms with van der Waals surface area (Å²) in [6.07, 6.45) is -0.282. The van der Waals surface area contributed by atoms with E-state index < -0.39 is 5.60 Å². The number of fused-ring (bicyclic) bond motifs is 1. The van der Waals surface area contributed by atoms with Crippen LogP contribution < -0.4 is 4.74 Å². The summed E-state index contributed by atoms with van der Waals surface area (Å²) in [4.78, 5) is 16.0. The Morgan fingerprint density at radius 3 is 2.61 bits per heavy atom. The third-order valence-electron chi connectivity index (χ3n) is 3.43. The number of halogens is 1.